The van der Waals surface area contributed by atoms with Gasteiger partial charge in [-0.05, 0) is 40.2 Å². The molecule has 0 aromatic rings. The molecule has 0 spiro atoms. The van der Waals surface area contributed by atoms with E-state index < -0.39 is 11.0 Å². The van der Waals surface area contributed by atoms with Crippen molar-refractivity contribution in [3.8, 4) is 0 Å². The van der Waals surface area contributed by atoms with Crippen LogP contribution < -0.4 is 0 Å². The highest BCUT2D eigenvalue weighted by Gasteiger charge is 2.41. The van der Waals surface area contributed by atoms with Gasteiger partial charge in [-0.1, -0.05) is 13.8 Å². The number of carbonyl (C=O) groups is 1. The highest BCUT2D eigenvalue weighted by Crippen LogP contribution is 2.63. The molecular weight excluding hydrogens is 252 g/mol. The van der Waals surface area contributed by atoms with E-state index in [9.17, 15) is 4.79 Å². The summed E-state index contributed by atoms with van der Waals surface area (Å²) < 4.78 is 6.15. The van der Waals surface area contributed by atoms with Gasteiger partial charge < -0.3 is 4.74 Å². The van der Waals surface area contributed by atoms with Gasteiger partial charge in [0.15, 0.2) is 0 Å². The first-order chi connectivity index (χ1) is 5.84. The zero-order valence-electron chi connectivity index (χ0n) is 7.24. The third-order valence-electron chi connectivity index (χ3n) is 1.90. The Morgan fingerprint density at radius 1 is 1.69 bits per heavy atom. The fourth-order valence-corrected chi connectivity index (χ4v) is 3.70. The lowest BCUT2D eigenvalue weighted by molar-refractivity contribution is 0.170. The predicted molar refractivity (Wildman–Crippen MR) is 57.8 cm³/mol. The molecule has 1 atom stereocenters. The van der Waals surface area contributed by atoms with E-state index in [1.807, 2.05) is 13.8 Å². The number of hydrogen-bond donors (Lipinski definition) is 0. The summed E-state index contributed by atoms with van der Waals surface area (Å²) >= 11 is 16.5. The molecule has 1 aliphatic heterocycles. The number of amides is 1. The quantitative estimate of drug-likeness (QED) is 0.716. The van der Waals surface area contributed by atoms with Crippen LogP contribution in [0.15, 0.2) is 0 Å². The summed E-state index contributed by atoms with van der Waals surface area (Å²) in [6.07, 6.45) is -0.493. The van der Waals surface area contributed by atoms with E-state index in [2.05, 4.69) is 0 Å². The normalized spacial score (nSPS) is 23.9. The highest BCUT2D eigenvalue weighted by atomic mass is 35.9. The minimum absolute atomic E-state index is 0.0895. The Hall–Kier alpha value is 0.500. The Morgan fingerprint density at radius 2 is 2.23 bits per heavy atom. The lowest BCUT2D eigenvalue weighted by Crippen LogP contribution is -2.32. The molecule has 0 aliphatic carbocycles. The van der Waals surface area contributed by atoms with Gasteiger partial charge >= 0.3 is 6.09 Å². The molecule has 1 fully saturated rings. The molecule has 0 unspecified atom stereocenters. The van der Waals surface area contributed by atoms with Crippen molar-refractivity contribution in [2.75, 3.05) is 6.61 Å². The Labute approximate surface area is 92.0 Å². The molecule has 0 N–H and O–H groups in total. The van der Waals surface area contributed by atoms with Gasteiger partial charge in [-0.15, -0.1) is 0 Å². The summed E-state index contributed by atoms with van der Waals surface area (Å²) in [6.45, 7) is 4.27. The van der Waals surface area contributed by atoms with Crippen molar-refractivity contribution in [3.63, 3.8) is 0 Å². The van der Waals surface area contributed by atoms with Crippen LogP contribution >= 0.6 is 27.4 Å². The molecule has 1 aliphatic rings. The molecule has 1 heterocycles. The maximum absolute atomic E-state index is 11.2. The first kappa shape index (κ1) is 11.6. The number of carbonyl (C=O) groups excluding carboxylic acids is 1. The maximum atomic E-state index is 11.2. The fraction of sp³-hybridized carbons (Fsp3) is 0.833. The average molecular weight is 262 g/mol. The van der Waals surface area contributed by atoms with Gasteiger partial charge in [0.05, 0.1) is 6.04 Å². The molecule has 1 rings (SSSR count). The summed E-state index contributed by atoms with van der Waals surface area (Å²) in [5.41, 5.74) is 0. The molecule has 1 saturated heterocycles. The number of cyclic esters (lactones) is 1. The second kappa shape index (κ2) is 3.93. The van der Waals surface area contributed by atoms with E-state index in [1.54, 1.807) is 0 Å². The SMILES string of the molecule is CC(C)[C@H]1COC(=O)N1P(=S)(Cl)Cl. The van der Waals surface area contributed by atoms with Crippen molar-refractivity contribution in [1.82, 2.24) is 4.67 Å². The number of hydrogen-bond acceptors (Lipinski definition) is 3. The first-order valence-electron chi connectivity index (χ1n) is 3.80. The Kier molecular flexibility index (Phi) is 3.50. The van der Waals surface area contributed by atoms with E-state index in [4.69, 9.17) is 39.0 Å². The van der Waals surface area contributed by atoms with E-state index in [-0.39, 0.29) is 12.0 Å². The maximum Gasteiger partial charge on any atom is 0.415 e. The fourth-order valence-electron chi connectivity index (χ4n) is 1.17. The summed E-state index contributed by atoms with van der Waals surface area (Å²) in [4.78, 5) is 8.49. The number of nitrogens with zero attached hydrogens (tertiary/aromatic N) is 1. The molecule has 3 nitrogen and oxygen atoms in total. The predicted octanol–water partition coefficient (Wildman–Crippen LogP) is 3.17. The number of ether oxygens (including phenoxy) is 1. The molecule has 76 valence electrons. The lowest BCUT2D eigenvalue weighted by Gasteiger charge is -2.26. The largest absolute Gasteiger partial charge is 0.447 e. The summed E-state index contributed by atoms with van der Waals surface area (Å²) in [7, 11) is 0. The monoisotopic (exact) mass is 261 g/mol. The molecule has 1 amide bonds. The topological polar surface area (TPSA) is 29.5 Å². The third kappa shape index (κ3) is 2.50. The molecule has 7 heteroatoms. The van der Waals surface area contributed by atoms with E-state index in [0.717, 1.165) is 0 Å². The van der Waals surface area contributed by atoms with E-state index >= 15 is 0 Å². The smallest absolute Gasteiger partial charge is 0.415 e. The standard InChI is InChI=1S/C6H10Cl2NO2PS/c1-4(2)5-3-11-6(10)9(5)12(7,8)13/h4-5H,3H2,1-2H3/t5-/m1/s1. The number of rotatable bonds is 2. The van der Waals surface area contributed by atoms with Gasteiger partial charge in [0.2, 0.25) is 4.89 Å². The average Bonchev–Trinajstić information content (AvgIpc) is 2.28. The molecule has 0 aromatic carbocycles. The third-order valence-corrected chi connectivity index (χ3v) is 4.37. The molecule has 0 radical (unpaired) electrons. The van der Waals surface area contributed by atoms with E-state index in [1.165, 1.54) is 4.67 Å². The van der Waals surface area contributed by atoms with Crippen LogP contribution in [0, 0.1) is 5.92 Å². The molecular formula is C6H10Cl2NO2PS. The van der Waals surface area contributed by atoms with Crippen molar-refractivity contribution < 1.29 is 9.53 Å². The van der Waals surface area contributed by atoms with Gasteiger partial charge in [-0.25, -0.2) is 9.46 Å². The molecule has 0 bridgehead atoms. The van der Waals surface area contributed by atoms with Gasteiger partial charge in [-0.2, -0.15) is 0 Å². The van der Waals surface area contributed by atoms with Crippen LogP contribution in [-0.2, 0) is 16.5 Å². The Morgan fingerprint density at radius 3 is 2.54 bits per heavy atom. The van der Waals surface area contributed by atoms with Crippen LogP contribution in [0.4, 0.5) is 4.79 Å². The summed E-state index contributed by atoms with van der Waals surface area (Å²) in [5.74, 6) is 0.242. The zero-order valence-corrected chi connectivity index (χ0v) is 10.5. The van der Waals surface area contributed by atoms with Gasteiger partial charge in [0, 0.05) is 0 Å². The Balaban J connectivity index is 2.90. The van der Waals surface area contributed by atoms with Gasteiger partial charge in [0.1, 0.15) is 6.61 Å². The van der Waals surface area contributed by atoms with Crippen LogP contribution in [0.25, 0.3) is 0 Å². The summed E-state index contributed by atoms with van der Waals surface area (Å²) in [6, 6.07) is -0.0895. The van der Waals surface area contributed by atoms with Crippen molar-refractivity contribution >= 4 is 45.3 Å². The van der Waals surface area contributed by atoms with Crippen molar-refractivity contribution in [2.24, 2.45) is 5.92 Å². The second-order valence-corrected chi connectivity index (χ2v) is 10.7. The van der Waals surface area contributed by atoms with Crippen LogP contribution in [0.2, 0.25) is 0 Å². The van der Waals surface area contributed by atoms with Crippen LogP contribution in [0.1, 0.15) is 13.8 Å². The van der Waals surface area contributed by atoms with Crippen LogP contribution in [0.5, 0.6) is 0 Å². The van der Waals surface area contributed by atoms with Gasteiger partial charge in [-0.3, -0.25) is 0 Å². The van der Waals surface area contributed by atoms with Crippen molar-refractivity contribution in [2.45, 2.75) is 19.9 Å². The Bertz CT molecular complexity index is 267. The van der Waals surface area contributed by atoms with Crippen LogP contribution in [-0.4, -0.2) is 23.4 Å². The number of halogens is 2. The zero-order chi connectivity index (χ0) is 10.2. The van der Waals surface area contributed by atoms with Crippen molar-refractivity contribution in [3.05, 3.63) is 0 Å². The minimum Gasteiger partial charge on any atom is -0.447 e. The summed E-state index contributed by atoms with van der Waals surface area (Å²) in [5, 5.41) is 0. The molecule has 0 saturated carbocycles. The highest BCUT2D eigenvalue weighted by molar-refractivity contribution is 8.38. The minimum atomic E-state index is -2.74. The van der Waals surface area contributed by atoms with Crippen LogP contribution in [0.3, 0.4) is 0 Å². The van der Waals surface area contributed by atoms with Crippen molar-refractivity contribution in [1.29, 1.82) is 0 Å². The molecule has 0 aromatic heterocycles. The first-order valence-corrected chi connectivity index (χ1v) is 8.36. The lowest BCUT2D eigenvalue weighted by atomic mass is 10.1. The van der Waals surface area contributed by atoms with Gasteiger partial charge in [0.25, 0.3) is 0 Å². The second-order valence-electron chi connectivity index (χ2n) is 3.17. The molecule has 13 heavy (non-hydrogen) atoms. The van der Waals surface area contributed by atoms with E-state index in [0.29, 0.717) is 6.61 Å².